The molecule has 0 aromatic heterocycles. The number of amides is 1. The average Bonchev–Trinajstić information content (AvgIpc) is 2.51. The Hall–Kier alpha value is -2.18. The third-order valence-corrected chi connectivity index (χ3v) is 3.31. The maximum absolute atomic E-state index is 13.4. The van der Waals surface area contributed by atoms with Gasteiger partial charge in [-0.1, -0.05) is 35.3 Å². The summed E-state index contributed by atoms with van der Waals surface area (Å²) in [6.07, 6.45) is 0. The molecule has 0 fully saturated rings. The summed E-state index contributed by atoms with van der Waals surface area (Å²) in [5, 5.41) is 1.87. The zero-order valence-electron chi connectivity index (χ0n) is 11.4. The first-order valence-electron chi connectivity index (χ1n) is 6.24. The Morgan fingerprint density at radius 3 is 2.43 bits per heavy atom. The highest BCUT2D eigenvalue weighted by Crippen LogP contribution is 2.24. The van der Waals surface area contributed by atoms with Crippen molar-refractivity contribution in [2.45, 2.75) is 0 Å². The number of halogens is 4. The first kappa shape index (κ1) is 17.2. The molecule has 2 aromatic rings. The summed E-state index contributed by atoms with van der Waals surface area (Å²) in [5.74, 6) is -3.24. The SMILES string of the molecule is O=C(COC(=O)c1cc(F)c(Cl)cc1Cl)Nc1ccccc1F. The number of nitrogens with one attached hydrogen (secondary N) is 1. The van der Waals surface area contributed by atoms with Crippen LogP contribution in [0.5, 0.6) is 0 Å². The van der Waals surface area contributed by atoms with Crippen molar-refractivity contribution in [3.05, 3.63) is 63.6 Å². The minimum Gasteiger partial charge on any atom is -0.452 e. The van der Waals surface area contributed by atoms with Gasteiger partial charge in [0.15, 0.2) is 6.61 Å². The van der Waals surface area contributed by atoms with Gasteiger partial charge in [0.05, 0.1) is 21.3 Å². The van der Waals surface area contributed by atoms with Crippen LogP contribution in [0, 0.1) is 11.6 Å². The van der Waals surface area contributed by atoms with E-state index < -0.39 is 30.1 Å². The van der Waals surface area contributed by atoms with Crippen LogP contribution in [0.3, 0.4) is 0 Å². The topological polar surface area (TPSA) is 55.4 Å². The number of hydrogen-bond donors (Lipinski definition) is 1. The second-order valence-electron chi connectivity index (χ2n) is 4.35. The molecular formula is C15H9Cl2F2NO3. The number of para-hydroxylation sites is 1. The van der Waals surface area contributed by atoms with Crippen molar-refractivity contribution in [1.82, 2.24) is 0 Å². The van der Waals surface area contributed by atoms with E-state index in [1.165, 1.54) is 18.2 Å². The van der Waals surface area contributed by atoms with Crippen molar-refractivity contribution >= 4 is 40.8 Å². The molecule has 2 rings (SSSR count). The molecule has 0 atom stereocenters. The van der Waals surface area contributed by atoms with Gasteiger partial charge in [-0.15, -0.1) is 0 Å². The number of anilines is 1. The molecule has 1 N–H and O–H groups in total. The molecule has 0 aliphatic heterocycles. The van der Waals surface area contributed by atoms with E-state index in [9.17, 15) is 18.4 Å². The van der Waals surface area contributed by atoms with Crippen molar-refractivity contribution in [2.24, 2.45) is 0 Å². The maximum Gasteiger partial charge on any atom is 0.340 e. The van der Waals surface area contributed by atoms with Gasteiger partial charge in [-0.05, 0) is 24.3 Å². The van der Waals surface area contributed by atoms with E-state index >= 15 is 0 Å². The largest absolute Gasteiger partial charge is 0.452 e. The molecule has 23 heavy (non-hydrogen) atoms. The second kappa shape index (κ2) is 7.39. The highest BCUT2D eigenvalue weighted by molar-refractivity contribution is 6.36. The monoisotopic (exact) mass is 359 g/mol. The summed E-state index contributed by atoms with van der Waals surface area (Å²) in [5.41, 5.74) is -0.323. The summed E-state index contributed by atoms with van der Waals surface area (Å²) >= 11 is 11.3. The molecule has 0 saturated carbocycles. The molecule has 1 amide bonds. The fourth-order valence-corrected chi connectivity index (χ4v) is 2.10. The van der Waals surface area contributed by atoms with Gasteiger partial charge in [-0.3, -0.25) is 4.79 Å². The molecule has 8 heteroatoms. The fourth-order valence-electron chi connectivity index (χ4n) is 1.64. The number of ether oxygens (including phenoxy) is 1. The van der Waals surface area contributed by atoms with Crippen LogP contribution in [0.1, 0.15) is 10.4 Å². The van der Waals surface area contributed by atoms with Crippen LogP contribution in [-0.4, -0.2) is 18.5 Å². The third-order valence-electron chi connectivity index (χ3n) is 2.71. The van der Waals surface area contributed by atoms with E-state index in [1.807, 2.05) is 0 Å². The lowest BCUT2D eigenvalue weighted by atomic mass is 10.2. The predicted molar refractivity (Wildman–Crippen MR) is 81.7 cm³/mol. The standard InChI is InChI=1S/C15H9Cl2F2NO3/c16-9-6-10(17)12(19)5-8(9)15(22)23-7-14(21)20-13-4-2-1-3-11(13)18/h1-6H,7H2,(H,20,21). The Morgan fingerprint density at radius 1 is 1.04 bits per heavy atom. The maximum atomic E-state index is 13.4. The van der Waals surface area contributed by atoms with Crippen molar-refractivity contribution in [3.8, 4) is 0 Å². The number of carbonyl (C=O) groups is 2. The van der Waals surface area contributed by atoms with E-state index in [1.54, 1.807) is 0 Å². The lowest BCUT2D eigenvalue weighted by Crippen LogP contribution is -2.21. The van der Waals surface area contributed by atoms with Crippen LogP contribution in [0.4, 0.5) is 14.5 Å². The van der Waals surface area contributed by atoms with Gasteiger partial charge in [0, 0.05) is 0 Å². The van der Waals surface area contributed by atoms with Crippen LogP contribution < -0.4 is 5.32 Å². The van der Waals surface area contributed by atoms with Crippen LogP contribution >= 0.6 is 23.2 Å². The zero-order valence-corrected chi connectivity index (χ0v) is 12.9. The smallest absolute Gasteiger partial charge is 0.340 e. The van der Waals surface area contributed by atoms with Crippen molar-refractivity contribution in [1.29, 1.82) is 0 Å². The Bertz CT molecular complexity index is 768. The number of carbonyl (C=O) groups excluding carboxylic acids is 2. The fraction of sp³-hybridized carbons (Fsp3) is 0.0667. The van der Waals surface area contributed by atoms with Crippen LogP contribution in [0.15, 0.2) is 36.4 Å². The molecule has 0 aliphatic rings. The second-order valence-corrected chi connectivity index (χ2v) is 5.16. The van der Waals surface area contributed by atoms with Crippen molar-refractivity contribution in [2.75, 3.05) is 11.9 Å². The van der Waals surface area contributed by atoms with E-state index in [4.69, 9.17) is 27.9 Å². The predicted octanol–water partition coefficient (Wildman–Crippen LogP) is 4.07. The number of benzene rings is 2. The summed E-state index contributed by atoms with van der Waals surface area (Å²) in [4.78, 5) is 23.4. The first-order valence-corrected chi connectivity index (χ1v) is 7.00. The van der Waals surface area contributed by atoms with Crippen LogP contribution in [-0.2, 0) is 9.53 Å². The van der Waals surface area contributed by atoms with Gasteiger partial charge in [0.25, 0.3) is 5.91 Å². The Balaban J connectivity index is 1.98. The highest BCUT2D eigenvalue weighted by Gasteiger charge is 2.17. The molecule has 0 radical (unpaired) electrons. The molecular weight excluding hydrogens is 351 g/mol. The number of esters is 1. The van der Waals surface area contributed by atoms with Gasteiger partial charge in [0.2, 0.25) is 0 Å². The van der Waals surface area contributed by atoms with E-state index in [0.29, 0.717) is 0 Å². The van der Waals surface area contributed by atoms with E-state index in [2.05, 4.69) is 5.32 Å². The van der Waals surface area contributed by atoms with Crippen LogP contribution in [0.2, 0.25) is 10.0 Å². The number of hydrogen-bond acceptors (Lipinski definition) is 3. The Kier molecular flexibility index (Phi) is 5.52. The molecule has 0 aliphatic carbocycles. The normalized spacial score (nSPS) is 10.3. The third kappa shape index (κ3) is 4.40. The molecule has 120 valence electrons. The van der Waals surface area contributed by atoms with Crippen LogP contribution in [0.25, 0.3) is 0 Å². The summed E-state index contributed by atoms with van der Waals surface area (Å²) in [6, 6.07) is 7.36. The Morgan fingerprint density at radius 2 is 1.74 bits per heavy atom. The van der Waals surface area contributed by atoms with Gasteiger partial charge in [-0.2, -0.15) is 0 Å². The van der Waals surface area contributed by atoms with Crippen molar-refractivity contribution in [3.63, 3.8) is 0 Å². The summed E-state index contributed by atoms with van der Waals surface area (Å²) in [7, 11) is 0. The van der Waals surface area contributed by atoms with Gasteiger partial charge in [0.1, 0.15) is 11.6 Å². The average molecular weight is 360 g/mol. The molecule has 0 saturated heterocycles. The summed E-state index contributed by atoms with van der Waals surface area (Å²) < 4.78 is 31.4. The summed E-state index contributed by atoms with van der Waals surface area (Å²) in [6.45, 7) is -0.687. The molecule has 0 bridgehead atoms. The lowest BCUT2D eigenvalue weighted by molar-refractivity contribution is -0.119. The van der Waals surface area contributed by atoms with Gasteiger partial charge >= 0.3 is 5.97 Å². The van der Waals surface area contributed by atoms with E-state index in [-0.39, 0.29) is 21.3 Å². The van der Waals surface area contributed by atoms with Gasteiger partial charge in [-0.25, -0.2) is 13.6 Å². The van der Waals surface area contributed by atoms with E-state index in [0.717, 1.165) is 18.2 Å². The quantitative estimate of drug-likeness (QED) is 0.661. The molecule has 4 nitrogen and oxygen atoms in total. The highest BCUT2D eigenvalue weighted by atomic mass is 35.5. The first-order chi connectivity index (χ1) is 10.9. The molecule has 0 heterocycles. The zero-order chi connectivity index (χ0) is 17.0. The molecule has 0 spiro atoms. The van der Waals surface area contributed by atoms with Gasteiger partial charge < -0.3 is 10.1 Å². The number of rotatable bonds is 4. The lowest BCUT2D eigenvalue weighted by Gasteiger charge is -2.08. The molecule has 2 aromatic carbocycles. The van der Waals surface area contributed by atoms with Crippen molar-refractivity contribution < 1.29 is 23.1 Å². The minimum atomic E-state index is -1.01. The molecule has 0 unspecified atom stereocenters. The Labute approximate surface area is 140 Å². The minimum absolute atomic E-state index is 0.0517.